The van der Waals surface area contributed by atoms with Crippen molar-refractivity contribution in [1.29, 1.82) is 0 Å². The van der Waals surface area contributed by atoms with Crippen molar-refractivity contribution >= 4 is 49.7 Å². The zero-order valence-electron chi connectivity index (χ0n) is 13.3. The Hall–Kier alpha value is -2.38. The molecule has 1 aromatic carbocycles. The lowest BCUT2D eigenvalue weighted by atomic mass is 10.3. The number of carbonyl (C=O) groups excluding carboxylic acids is 3. The minimum absolute atomic E-state index is 0.0501. The molecule has 0 saturated carbocycles. The number of carboxylic acids is 1. The van der Waals surface area contributed by atoms with Crippen LogP contribution in [-0.2, 0) is 14.4 Å². The number of amides is 4. The molecule has 0 bridgehead atoms. The van der Waals surface area contributed by atoms with Crippen molar-refractivity contribution in [3.8, 4) is 0 Å². The van der Waals surface area contributed by atoms with E-state index in [0.29, 0.717) is 10.7 Å². The Balaban J connectivity index is 2.44. The number of aliphatic carboxylic acids is 1. The van der Waals surface area contributed by atoms with Gasteiger partial charge in [-0.05, 0) is 30.9 Å². The van der Waals surface area contributed by atoms with Crippen molar-refractivity contribution in [1.82, 2.24) is 16.0 Å². The fraction of sp³-hybridized carbons (Fsp3) is 0.286. The van der Waals surface area contributed by atoms with Crippen LogP contribution in [0.25, 0.3) is 0 Å². The number of benzene rings is 1. The first-order valence-corrected chi connectivity index (χ1v) is 9.04. The summed E-state index contributed by atoms with van der Waals surface area (Å²) in [6, 6.07) is 5.86. The third-order valence-electron chi connectivity index (χ3n) is 2.79. The summed E-state index contributed by atoms with van der Waals surface area (Å²) in [4.78, 5) is 45.6. The molecule has 4 amide bonds. The number of halogens is 1. The van der Waals surface area contributed by atoms with E-state index in [4.69, 9.17) is 16.7 Å². The minimum atomic E-state index is -1.19. The van der Waals surface area contributed by atoms with Crippen LogP contribution in [0.4, 0.5) is 10.5 Å². The third-order valence-corrected chi connectivity index (χ3v) is 4.02. The first kappa shape index (κ1) is 20.7. The number of carboxylic acid groups (broad SMARTS) is 1. The summed E-state index contributed by atoms with van der Waals surface area (Å²) in [5, 5.41) is 18.5. The van der Waals surface area contributed by atoms with Crippen LogP contribution < -0.4 is 21.3 Å². The summed E-state index contributed by atoms with van der Waals surface area (Å²) >= 11 is 5.75. The SMILES string of the molecule is CP[C@H](NC(=O)Nc1ccc(Cl)cc1)C(=O)NCC(=O)NCC(=O)O. The second kappa shape index (κ2) is 10.5. The van der Waals surface area contributed by atoms with E-state index in [-0.39, 0.29) is 15.1 Å². The zero-order chi connectivity index (χ0) is 18.8. The molecular weight excluding hydrogens is 371 g/mol. The van der Waals surface area contributed by atoms with Gasteiger partial charge in [0.2, 0.25) is 11.8 Å². The van der Waals surface area contributed by atoms with Gasteiger partial charge in [0.05, 0.1) is 6.54 Å². The van der Waals surface area contributed by atoms with Crippen molar-refractivity contribution in [2.24, 2.45) is 0 Å². The summed E-state index contributed by atoms with van der Waals surface area (Å²) < 4.78 is 0. The summed E-state index contributed by atoms with van der Waals surface area (Å²) in [5.41, 5.74) is 0.508. The van der Waals surface area contributed by atoms with E-state index >= 15 is 0 Å². The first-order valence-electron chi connectivity index (χ1n) is 7.08. The van der Waals surface area contributed by atoms with E-state index in [2.05, 4.69) is 21.3 Å². The highest BCUT2D eigenvalue weighted by molar-refractivity contribution is 7.39. The number of rotatable bonds is 8. The topological polar surface area (TPSA) is 137 Å². The molecule has 0 aromatic heterocycles. The Bertz CT molecular complexity index is 641. The molecule has 0 aliphatic rings. The van der Waals surface area contributed by atoms with Gasteiger partial charge < -0.3 is 26.4 Å². The largest absolute Gasteiger partial charge is 0.480 e. The van der Waals surface area contributed by atoms with Crippen LogP contribution in [0.3, 0.4) is 0 Å². The van der Waals surface area contributed by atoms with Gasteiger partial charge in [0.25, 0.3) is 0 Å². The van der Waals surface area contributed by atoms with E-state index in [1.807, 2.05) is 0 Å². The summed E-state index contributed by atoms with van der Waals surface area (Å²) in [7, 11) is 0.0501. The molecule has 5 N–H and O–H groups in total. The van der Waals surface area contributed by atoms with Crippen molar-refractivity contribution in [2.45, 2.75) is 5.78 Å². The molecule has 0 aliphatic carbocycles. The Labute approximate surface area is 150 Å². The van der Waals surface area contributed by atoms with Gasteiger partial charge in [-0.25, -0.2) is 4.79 Å². The Morgan fingerprint density at radius 3 is 2.32 bits per heavy atom. The molecule has 1 unspecified atom stereocenters. The van der Waals surface area contributed by atoms with Crippen molar-refractivity contribution in [3.05, 3.63) is 29.3 Å². The molecule has 0 saturated heterocycles. The quantitative estimate of drug-likeness (QED) is 0.411. The van der Waals surface area contributed by atoms with Crippen LogP contribution in [0.1, 0.15) is 0 Å². The lowest BCUT2D eigenvalue weighted by Gasteiger charge is -2.17. The van der Waals surface area contributed by atoms with Crippen LogP contribution in [0, 0.1) is 0 Å². The minimum Gasteiger partial charge on any atom is -0.480 e. The van der Waals surface area contributed by atoms with Crippen LogP contribution in [0.2, 0.25) is 5.02 Å². The molecule has 1 aromatic rings. The fourth-order valence-corrected chi connectivity index (χ4v) is 2.37. The molecule has 0 fully saturated rings. The van der Waals surface area contributed by atoms with Gasteiger partial charge in [0, 0.05) is 10.7 Å². The highest BCUT2D eigenvalue weighted by Crippen LogP contribution is 2.14. The number of anilines is 1. The number of hydrogen-bond donors (Lipinski definition) is 5. The molecule has 0 heterocycles. The Morgan fingerprint density at radius 1 is 1.12 bits per heavy atom. The number of urea groups is 1. The van der Waals surface area contributed by atoms with Crippen LogP contribution in [-0.4, -0.2) is 54.5 Å². The van der Waals surface area contributed by atoms with E-state index in [0.717, 1.165) is 0 Å². The molecule has 11 heteroatoms. The first-order chi connectivity index (χ1) is 11.8. The smallest absolute Gasteiger partial charge is 0.322 e. The fourth-order valence-electron chi connectivity index (χ4n) is 1.61. The number of carbonyl (C=O) groups is 4. The van der Waals surface area contributed by atoms with E-state index in [1.165, 1.54) is 0 Å². The van der Waals surface area contributed by atoms with E-state index in [9.17, 15) is 19.2 Å². The average Bonchev–Trinajstić information content (AvgIpc) is 2.57. The van der Waals surface area contributed by atoms with Gasteiger partial charge in [0.1, 0.15) is 12.3 Å². The maximum Gasteiger partial charge on any atom is 0.322 e. The highest BCUT2D eigenvalue weighted by Gasteiger charge is 2.19. The van der Waals surface area contributed by atoms with Crippen molar-refractivity contribution in [3.63, 3.8) is 0 Å². The molecule has 0 spiro atoms. The van der Waals surface area contributed by atoms with Crippen LogP contribution in [0.5, 0.6) is 0 Å². The lowest BCUT2D eigenvalue weighted by Crippen LogP contribution is -2.48. The van der Waals surface area contributed by atoms with Gasteiger partial charge in [0.15, 0.2) is 0 Å². The summed E-state index contributed by atoms with van der Waals surface area (Å²) in [6.07, 6.45) is 0. The lowest BCUT2D eigenvalue weighted by molar-refractivity contribution is -0.137. The molecule has 25 heavy (non-hydrogen) atoms. The second-order valence-electron chi connectivity index (χ2n) is 4.72. The van der Waals surface area contributed by atoms with E-state index < -0.39 is 36.1 Å². The molecule has 136 valence electrons. The third kappa shape index (κ3) is 8.32. The highest BCUT2D eigenvalue weighted by atomic mass is 35.5. The van der Waals surface area contributed by atoms with Crippen LogP contribution >= 0.6 is 20.2 Å². The number of nitrogens with one attached hydrogen (secondary N) is 4. The predicted molar refractivity (Wildman–Crippen MR) is 95.3 cm³/mol. The van der Waals surface area contributed by atoms with Gasteiger partial charge in [-0.1, -0.05) is 20.2 Å². The predicted octanol–water partition coefficient (Wildman–Crippen LogP) is 0.413. The molecule has 2 atom stereocenters. The van der Waals surface area contributed by atoms with Gasteiger partial charge in [-0.3, -0.25) is 14.4 Å². The summed E-state index contributed by atoms with van der Waals surface area (Å²) in [5.74, 6) is -3.19. The number of hydrogen-bond acceptors (Lipinski definition) is 4. The molecule has 0 radical (unpaired) electrons. The normalized spacial score (nSPS) is 11.6. The maximum atomic E-state index is 12.0. The molecule has 1 rings (SSSR count). The molecular formula is C14H18ClN4O5P. The van der Waals surface area contributed by atoms with Crippen molar-refractivity contribution < 1.29 is 24.3 Å². The second-order valence-corrected chi connectivity index (χ2v) is 6.31. The Morgan fingerprint density at radius 2 is 1.76 bits per heavy atom. The maximum absolute atomic E-state index is 12.0. The molecule has 9 nitrogen and oxygen atoms in total. The summed E-state index contributed by atoms with van der Waals surface area (Å²) in [6.45, 7) is 0.806. The Kier molecular flexibility index (Phi) is 8.66. The standard InChI is InChI=1S/C14H18ClN4O5P/c1-25-13(12(23)17-6-10(20)16-7-11(21)22)19-14(24)18-9-4-2-8(15)3-5-9/h2-5,13,25H,6-7H2,1H3,(H,16,20)(H,17,23)(H,21,22)(H2,18,19,24)/t13-/m0/s1. The van der Waals surface area contributed by atoms with Gasteiger partial charge in [-0.15, -0.1) is 0 Å². The van der Waals surface area contributed by atoms with Gasteiger partial charge in [-0.2, -0.15) is 0 Å². The monoisotopic (exact) mass is 388 g/mol. The zero-order valence-corrected chi connectivity index (χ0v) is 15.0. The van der Waals surface area contributed by atoms with Gasteiger partial charge >= 0.3 is 12.0 Å². The van der Waals surface area contributed by atoms with Crippen LogP contribution in [0.15, 0.2) is 24.3 Å². The molecule has 0 aliphatic heterocycles. The van der Waals surface area contributed by atoms with E-state index in [1.54, 1.807) is 30.9 Å². The average molecular weight is 389 g/mol. The van der Waals surface area contributed by atoms with Crippen molar-refractivity contribution in [2.75, 3.05) is 25.1 Å².